The maximum absolute atomic E-state index is 13.6. The Kier molecular flexibility index (Phi) is 6.76. The summed E-state index contributed by atoms with van der Waals surface area (Å²) in [4.78, 5) is 37.6. The van der Waals surface area contributed by atoms with E-state index in [1.54, 1.807) is 17.7 Å². The van der Waals surface area contributed by atoms with Crippen molar-refractivity contribution in [2.45, 2.75) is 25.8 Å². The maximum atomic E-state index is 13.6. The molecule has 42 heavy (non-hydrogen) atoms. The van der Waals surface area contributed by atoms with E-state index >= 15 is 0 Å². The lowest BCUT2D eigenvalue weighted by molar-refractivity contribution is 0.0977. The van der Waals surface area contributed by atoms with Gasteiger partial charge in [-0.05, 0) is 55.5 Å². The van der Waals surface area contributed by atoms with Gasteiger partial charge < -0.3 is 10.2 Å². The van der Waals surface area contributed by atoms with Crippen LogP contribution in [0.2, 0.25) is 5.15 Å². The summed E-state index contributed by atoms with van der Waals surface area (Å²) in [5.41, 5.74) is 3.41. The zero-order chi connectivity index (χ0) is 30.1. The Morgan fingerprint density at radius 2 is 1.83 bits per heavy atom. The molecular formula is C28H31ClN8O4S. The summed E-state index contributed by atoms with van der Waals surface area (Å²) in [7, 11) is -0.104. The van der Waals surface area contributed by atoms with Gasteiger partial charge in [0, 0.05) is 50.6 Å². The van der Waals surface area contributed by atoms with Crippen LogP contribution in [0.4, 0.5) is 11.6 Å². The molecule has 2 aliphatic rings. The molecule has 2 N–H and O–H groups in total. The van der Waals surface area contributed by atoms with Gasteiger partial charge in [0.25, 0.3) is 11.5 Å². The molecule has 1 saturated carbocycles. The van der Waals surface area contributed by atoms with Crippen molar-refractivity contribution in [1.82, 2.24) is 29.0 Å². The number of amides is 1. The second-order valence-corrected chi connectivity index (χ2v) is 13.4. The number of anilines is 2. The second-order valence-electron chi connectivity index (χ2n) is 11.3. The van der Waals surface area contributed by atoms with Crippen molar-refractivity contribution in [2.24, 2.45) is 25.9 Å². The number of hydrogen-bond acceptors (Lipinski definition) is 9. The number of nitrogens with one attached hydrogen (secondary N) is 2. The van der Waals surface area contributed by atoms with E-state index in [2.05, 4.69) is 26.4 Å². The Balaban J connectivity index is 1.34. The minimum atomic E-state index is -3.82. The highest BCUT2D eigenvalue weighted by atomic mass is 35.5. The quantitative estimate of drug-likeness (QED) is 0.302. The van der Waals surface area contributed by atoms with Crippen LogP contribution in [-0.4, -0.2) is 58.0 Å². The third-order valence-electron chi connectivity index (χ3n) is 8.20. The summed E-state index contributed by atoms with van der Waals surface area (Å²) >= 11 is 6.03. The van der Waals surface area contributed by atoms with Gasteiger partial charge >= 0.3 is 0 Å². The van der Waals surface area contributed by atoms with E-state index in [4.69, 9.17) is 16.6 Å². The van der Waals surface area contributed by atoms with Crippen molar-refractivity contribution in [1.29, 1.82) is 0 Å². The molecule has 0 bridgehead atoms. The SMILES string of the molecule is Cc1cc([C@@H](C)Nc2ccc(Cl)nc2C(=O)NS(C)(=O)=O)c2nc(N3C[C@@H]4C(c5ccnn5C)[C@@H]4C3)n(C)c(=O)c2c1. The Morgan fingerprint density at radius 3 is 2.48 bits per heavy atom. The standard InChI is InChI=1S/C28H31ClN8O4S/c1-14-10-16(15(2)31-20-6-7-22(29)32-25(20)26(38)34-42(5,40)41)24-17(11-14)27(39)35(3)28(33-24)37-12-18-19(13-37)23(18)21-8-9-30-36(21)4/h6-11,15,18-19,23,31H,12-13H2,1-5H3,(H,34,38)/t15-,18-,19+,23?/m1/s1. The molecule has 1 unspecified atom stereocenters. The van der Waals surface area contributed by atoms with E-state index in [0.717, 1.165) is 30.5 Å². The molecule has 1 aliphatic carbocycles. The highest BCUT2D eigenvalue weighted by Gasteiger charge is 2.57. The van der Waals surface area contributed by atoms with Gasteiger partial charge in [0.05, 0.1) is 28.9 Å². The number of fused-ring (bicyclic) bond motifs is 2. The number of halogens is 1. The van der Waals surface area contributed by atoms with Gasteiger partial charge in [0.15, 0.2) is 5.69 Å². The average Bonchev–Trinajstić information content (AvgIpc) is 3.21. The molecule has 220 valence electrons. The van der Waals surface area contributed by atoms with Crippen molar-refractivity contribution in [3.63, 3.8) is 0 Å². The van der Waals surface area contributed by atoms with Gasteiger partial charge in [-0.2, -0.15) is 5.10 Å². The largest absolute Gasteiger partial charge is 0.377 e. The van der Waals surface area contributed by atoms with Gasteiger partial charge in [0.2, 0.25) is 16.0 Å². The molecule has 1 amide bonds. The molecule has 14 heteroatoms. The third kappa shape index (κ3) is 5.00. The lowest BCUT2D eigenvalue weighted by atomic mass is 10.0. The van der Waals surface area contributed by atoms with Gasteiger partial charge in [-0.3, -0.25) is 18.8 Å². The average molecular weight is 611 g/mol. The van der Waals surface area contributed by atoms with E-state index in [0.29, 0.717) is 34.6 Å². The monoisotopic (exact) mass is 610 g/mol. The summed E-state index contributed by atoms with van der Waals surface area (Å²) in [5, 5.41) is 8.11. The minimum absolute atomic E-state index is 0.0389. The molecule has 3 aromatic heterocycles. The summed E-state index contributed by atoms with van der Waals surface area (Å²) in [5.74, 6) is 1.15. The lowest BCUT2D eigenvalue weighted by Crippen LogP contribution is -2.32. The van der Waals surface area contributed by atoms with Crippen molar-refractivity contribution >= 4 is 50.1 Å². The van der Waals surface area contributed by atoms with Crippen LogP contribution in [0, 0.1) is 18.8 Å². The molecule has 2 fully saturated rings. The highest BCUT2D eigenvalue weighted by Crippen LogP contribution is 2.58. The predicted octanol–water partition coefficient (Wildman–Crippen LogP) is 2.74. The Bertz CT molecular complexity index is 1910. The summed E-state index contributed by atoms with van der Waals surface area (Å²) in [6.07, 6.45) is 2.71. The number of aromatic nitrogens is 5. The molecule has 1 aliphatic heterocycles. The number of aryl methyl sites for hydroxylation is 2. The molecule has 1 saturated heterocycles. The fraction of sp³-hybridized carbons (Fsp3) is 0.393. The number of hydrogen-bond donors (Lipinski definition) is 2. The number of piperidine rings is 1. The van der Waals surface area contributed by atoms with Crippen molar-refractivity contribution in [3.8, 4) is 0 Å². The van der Waals surface area contributed by atoms with Crippen LogP contribution < -0.4 is 20.5 Å². The first-order valence-corrected chi connectivity index (χ1v) is 15.8. The fourth-order valence-corrected chi connectivity index (χ4v) is 6.83. The van der Waals surface area contributed by atoms with Crippen LogP contribution in [0.15, 0.2) is 41.3 Å². The maximum Gasteiger partial charge on any atom is 0.285 e. The normalized spacial score (nSPS) is 20.4. The van der Waals surface area contributed by atoms with E-state index in [1.807, 2.05) is 48.6 Å². The number of benzene rings is 1. The molecule has 6 rings (SSSR count). The van der Waals surface area contributed by atoms with E-state index in [-0.39, 0.29) is 22.1 Å². The van der Waals surface area contributed by atoms with Crippen LogP contribution in [0.1, 0.15) is 46.2 Å². The van der Waals surface area contributed by atoms with Crippen LogP contribution in [0.5, 0.6) is 0 Å². The zero-order valence-corrected chi connectivity index (χ0v) is 25.4. The molecule has 0 radical (unpaired) electrons. The topological polar surface area (TPSA) is 144 Å². The Morgan fingerprint density at radius 1 is 1.12 bits per heavy atom. The van der Waals surface area contributed by atoms with Crippen LogP contribution >= 0.6 is 11.6 Å². The number of nitrogens with zero attached hydrogens (tertiary/aromatic N) is 6. The predicted molar refractivity (Wildman–Crippen MR) is 160 cm³/mol. The first kappa shape index (κ1) is 28.2. The summed E-state index contributed by atoms with van der Waals surface area (Å²) in [6, 6.07) is 8.50. The lowest BCUT2D eigenvalue weighted by Gasteiger charge is -2.25. The van der Waals surface area contributed by atoms with Crippen molar-refractivity contribution in [3.05, 3.63) is 74.6 Å². The number of sulfonamides is 1. The second kappa shape index (κ2) is 10.1. The molecule has 12 nitrogen and oxygen atoms in total. The third-order valence-corrected chi connectivity index (χ3v) is 8.97. The number of pyridine rings is 1. The zero-order valence-electron chi connectivity index (χ0n) is 23.8. The van der Waals surface area contributed by atoms with Crippen LogP contribution in [0.25, 0.3) is 10.9 Å². The minimum Gasteiger partial charge on any atom is -0.377 e. The molecule has 4 aromatic rings. The van der Waals surface area contributed by atoms with E-state index in [1.165, 1.54) is 11.8 Å². The number of carbonyl (C=O) groups excluding carboxylic acids is 1. The van der Waals surface area contributed by atoms with Crippen LogP contribution in [-0.2, 0) is 24.1 Å². The van der Waals surface area contributed by atoms with Crippen molar-refractivity contribution < 1.29 is 13.2 Å². The smallest absolute Gasteiger partial charge is 0.285 e. The van der Waals surface area contributed by atoms with E-state index < -0.39 is 22.0 Å². The first-order chi connectivity index (χ1) is 19.8. The van der Waals surface area contributed by atoms with Crippen LogP contribution in [0.3, 0.4) is 0 Å². The fourth-order valence-electron chi connectivity index (χ4n) is 6.25. The highest BCUT2D eigenvalue weighted by molar-refractivity contribution is 7.89. The summed E-state index contributed by atoms with van der Waals surface area (Å²) < 4.78 is 28.9. The molecule has 4 heterocycles. The van der Waals surface area contributed by atoms with Gasteiger partial charge in [-0.15, -0.1) is 0 Å². The van der Waals surface area contributed by atoms with Gasteiger partial charge in [-0.1, -0.05) is 17.7 Å². The molecule has 1 aromatic carbocycles. The summed E-state index contributed by atoms with van der Waals surface area (Å²) in [6.45, 7) is 5.39. The molecule has 4 atom stereocenters. The number of carbonyl (C=O) groups is 1. The molecule has 0 spiro atoms. The van der Waals surface area contributed by atoms with Gasteiger partial charge in [0.1, 0.15) is 5.15 Å². The number of rotatable bonds is 7. The Labute approximate surface area is 247 Å². The van der Waals surface area contributed by atoms with E-state index in [9.17, 15) is 18.0 Å². The first-order valence-electron chi connectivity index (χ1n) is 13.5. The van der Waals surface area contributed by atoms with Gasteiger partial charge in [-0.25, -0.2) is 23.1 Å². The molecular weight excluding hydrogens is 580 g/mol. The van der Waals surface area contributed by atoms with Crippen molar-refractivity contribution in [2.75, 3.05) is 29.6 Å². The Hall–Kier alpha value is -3.97.